The molecule has 1 heterocycles. The Morgan fingerprint density at radius 2 is 1.67 bits per heavy atom. The molecule has 0 unspecified atom stereocenters. The summed E-state index contributed by atoms with van der Waals surface area (Å²) in [7, 11) is 0. The first-order valence-electron chi connectivity index (χ1n) is 8.63. The molecule has 124 valence electrons. The molecule has 0 radical (unpaired) electrons. The van der Waals surface area contributed by atoms with E-state index in [1.54, 1.807) is 0 Å². The SMILES string of the molecule is Cc1ccccc1C1(C(=O)N2CC(CO)(c3ccccc3)C2)CC1. The second-order valence-corrected chi connectivity index (χ2v) is 7.36. The van der Waals surface area contributed by atoms with Crippen LogP contribution in [0.15, 0.2) is 54.6 Å². The molecule has 1 saturated carbocycles. The zero-order valence-electron chi connectivity index (χ0n) is 14.0. The van der Waals surface area contributed by atoms with Gasteiger partial charge in [0.2, 0.25) is 5.91 Å². The largest absolute Gasteiger partial charge is 0.395 e. The van der Waals surface area contributed by atoms with Crippen molar-refractivity contribution >= 4 is 5.91 Å². The summed E-state index contributed by atoms with van der Waals surface area (Å²) in [5, 5.41) is 9.93. The molecule has 2 aliphatic rings. The number of hydrogen-bond donors (Lipinski definition) is 1. The van der Waals surface area contributed by atoms with Crippen molar-refractivity contribution in [1.29, 1.82) is 0 Å². The molecule has 1 saturated heterocycles. The quantitative estimate of drug-likeness (QED) is 0.941. The molecule has 1 amide bonds. The van der Waals surface area contributed by atoms with E-state index in [1.165, 1.54) is 11.1 Å². The molecule has 0 atom stereocenters. The monoisotopic (exact) mass is 321 g/mol. The van der Waals surface area contributed by atoms with Crippen LogP contribution in [-0.4, -0.2) is 35.6 Å². The molecule has 2 aromatic carbocycles. The maximum atomic E-state index is 13.1. The number of aliphatic hydroxyl groups excluding tert-OH is 1. The van der Waals surface area contributed by atoms with Gasteiger partial charge in [0, 0.05) is 13.1 Å². The summed E-state index contributed by atoms with van der Waals surface area (Å²) in [5.41, 5.74) is 2.89. The number of aliphatic hydroxyl groups is 1. The van der Waals surface area contributed by atoms with Crippen LogP contribution in [0.3, 0.4) is 0 Å². The van der Waals surface area contributed by atoms with Crippen molar-refractivity contribution in [2.24, 2.45) is 0 Å². The number of amides is 1. The second kappa shape index (κ2) is 5.45. The van der Waals surface area contributed by atoms with Gasteiger partial charge in [0.15, 0.2) is 0 Å². The fourth-order valence-corrected chi connectivity index (χ4v) is 4.13. The van der Waals surface area contributed by atoms with E-state index in [1.807, 2.05) is 47.4 Å². The molecule has 3 heteroatoms. The third kappa shape index (κ3) is 2.19. The predicted octanol–water partition coefficient (Wildman–Crippen LogP) is 2.80. The fraction of sp³-hybridized carbons (Fsp3) is 0.381. The topological polar surface area (TPSA) is 40.5 Å². The second-order valence-electron chi connectivity index (χ2n) is 7.36. The van der Waals surface area contributed by atoms with Gasteiger partial charge >= 0.3 is 0 Å². The summed E-state index contributed by atoms with van der Waals surface area (Å²) < 4.78 is 0. The van der Waals surface area contributed by atoms with Crippen molar-refractivity contribution in [1.82, 2.24) is 4.90 Å². The standard InChI is InChI=1S/C21H23NO2/c1-16-7-5-6-10-18(16)21(11-12-21)19(24)22-13-20(14-22,15-23)17-8-3-2-4-9-17/h2-10,23H,11-15H2,1H3. The van der Waals surface area contributed by atoms with Gasteiger partial charge in [0.05, 0.1) is 17.4 Å². The summed E-state index contributed by atoms with van der Waals surface area (Å²) in [6, 6.07) is 18.3. The van der Waals surface area contributed by atoms with Gasteiger partial charge in [-0.15, -0.1) is 0 Å². The van der Waals surface area contributed by atoms with E-state index in [-0.39, 0.29) is 23.3 Å². The molecule has 1 aliphatic heterocycles. The number of aryl methyl sites for hydroxylation is 1. The van der Waals surface area contributed by atoms with E-state index >= 15 is 0 Å². The van der Waals surface area contributed by atoms with Crippen LogP contribution in [0.5, 0.6) is 0 Å². The van der Waals surface area contributed by atoms with Crippen LogP contribution in [0.2, 0.25) is 0 Å². The van der Waals surface area contributed by atoms with Crippen LogP contribution >= 0.6 is 0 Å². The summed E-state index contributed by atoms with van der Waals surface area (Å²) >= 11 is 0. The zero-order valence-corrected chi connectivity index (χ0v) is 14.0. The molecule has 2 fully saturated rings. The van der Waals surface area contributed by atoms with Gasteiger partial charge in [-0.2, -0.15) is 0 Å². The Kier molecular flexibility index (Phi) is 3.50. The normalized spacial score (nSPS) is 20.3. The van der Waals surface area contributed by atoms with Gasteiger partial charge in [-0.1, -0.05) is 54.6 Å². The number of rotatable bonds is 4. The Bertz CT molecular complexity index is 758. The number of benzene rings is 2. The van der Waals surface area contributed by atoms with Gasteiger partial charge in [-0.3, -0.25) is 4.79 Å². The Morgan fingerprint density at radius 1 is 1.04 bits per heavy atom. The molecule has 0 spiro atoms. The number of carbonyl (C=O) groups excluding carboxylic acids is 1. The van der Waals surface area contributed by atoms with Crippen LogP contribution in [0.4, 0.5) is 0 Å². The first-order valence-corrected chi connectivity index (χ1v) is 8.63. The smallest absolute Gasteiger partial charge is 0.233 e. The van der Waals surface area contributed by atoms with E-state index in [4.69, 9.17) is 0 Å². The molecule has 0 aromatic heterocycles. The lowest BCUT2D eigenvalue weighted by Gasteiger charge is -2.50. The highest BCUT2D eigenvalue weighted by Crippen LogP contribution is 2.52. The fourth-order valence-electron chi connectivity index (χ4n) is 4.13. The molecule has 2 aromatic rings. The summed E-state index contributed by atoms with van der Waals surface area (Å²) in [6.45, 7) is 3.39. The van der Waals surface area contributed by atoms with E-state index in [2.05, 4.69) is 19.1 Å². The Labute approximate surface area is 142 Å². The highest BCUT2D eigenvalue weighted by Gasteiger charge is 2.57. The van der Waals surface area contributed by atoms with Crippen molar-refractivity contribution < 1.29 is 9.90 Å². The third-order valence-corrected chi connectivity index (χ3v) is 5.78. The van der Waals surface area contributed by atoms with Crippen molar-refractivity contribution in [3.05, 3.63) is 71.3 Å². The highest BCUT2D eigenvalue weighted by molar-refractivity contribution is 5.92. The maximum absolute atomic E-state index is 13.1. The third-order valence-electron chi connectivity index (χ3n) is 5.78. The minimum atomic E-state index is -0.316. The average molecular weight is 321 g/mol. The Morgan fingerprint density at radius 3 is 2.25 bits per heavy atom. The van der Waals surface area contributed by atoms with Gasteiger partial charge in [0.25, 0.3) is 0 Å². The zero-order chi connectivity index (χ0) is 16.8. The lowest BCUT2D eigenvalue weighted by molar-refractivity contribution is -0.143. The van der Waals surface area contributed by atoms with Crippen LogP contribution < -0.4 is 0 Å². The number of nitrogens with zero attached hydrogens (tertiary/aromatic N) is 1. The predicted molar refractivity (Wildman–Crippen MR) is 93.9 cm³/mol. The van der Waals surface area contributed by atoms with E-state index in [9.17, 15) is 9.90 Å². The van der Waals surface area contributed by atoms with Crippen LogP contribution in [0.25, 0.3) is 0 Å². The number of hydrogen-bond acceptors (Lipinski definition) is 2. The molecule has 4 rings (SSSR count). The average Bonchev–Trinajstić information content (AvgIpc) is 3.37. The first kappa shape index (κ1) is 15.4. The van der Waals surface area contributed by atoms with E-state index in [0.717, 1.165) is 18.4 Å². The Hall–Kier alpha value is -2.13. The lowest BCUT2D eigenvalue weighted by atomic mass is 9.73. The van der Waals surface area contributed by atoms with E-state index in [0.29, 0.717) is 13.1 Å². The van der Waals surface area contributed by atoms with Crippen molar-refractivity contribution in [2.75, 3.05) is 19.7 Å². The minimum Gasteiger partial charge on any atom is -0.395 e. The van der Waals surface area contributed by atoms with Gasteiger partial charge < -0.3 is 10.0 Å². The van der Waals surface area contributed by atoms with Gasteiger partial charge in [-0.25, -0.2) is 0 Å². The molecule has 3 nitrogen and oxygen atoms in total. The van der Waals surface area contributed by atoms with Crippen LogP contribution in [0.1, 0.15) is 29.5 Å². The molecule has 1 aliphatic carbocycles. The van der Waals surface area contributed by atoms with Gasteiger partial charge in [0.1, 0.15) is 0 Å². The number of carbonyl (C=O) groups is 1. The van der Waals surface area contributed by atoms with E-state index < -0.39 is 0 Å². The maximum Gasteiger partial charge on any atom is 0.233 e. The number of likely N-dealkylation sites (tertiary alicyclic amines) is 1. The molecular weight excluding hydrogens is 298 g/mol. The lowest BCUT2D eigenvalue weighted by Crippen LogP contribution is -2.64. The highest BCUT2D eigenvalue weighted by atomic mass is 16.3. The summed E-state index contributed by atoms with van der Waals surface area (Å²) in [5.74, 6) is 0.233. The first-order chi connectivity index (χ1) is 11.6. The van der Waals surface area contributed by atoms with Crippen LogP contribution in [-0.2, 0) is 15.6 Å². The molecular formula is C21H23NO2. The Balaban J connectivity index is 1.55. The van der Waals surface area contributed by atoms with Crippen molar-refractivity contribution in [3.63, 3.8) is 0 Å². The molecule has 0 bridgehead atoms. The van der Waals surface area contributed by atoms with Crippen molar-refractivity contribution in [3.8, 4) is 0 Å². The van der Waals surface area contributed by atoms with Gasteiger partial charge in [-0.05, 0) is 36.5 Å². The summed E-state index contributed by atoms with van der Waals surface area (Å²) in [4.78, 5) is 15.1. The molecule has 24 heavy (non-hydrogen) atoms. The minimum absolute atomic E-state index is 0.0815. The summed E-state index contributed by atoms with van der Waals surface area (Å²) in [6.07, 6.45) is 1.87. The van der Waals surface area contributed by atoms with Crippen molar-refractivity contribution in [2.45, 2.75) is 30.6 Å². The molecule has 1 N–H and O–H groups in total. The van der Waals surface area contributed by atoms with Crippen LogP contribution in [0, 0.1) is 6.92 Å².